The minimum atomic E-state index is -1.40. The molecule has 5 atom stereocenters. The van der Waals surface area contributed by atoms with Crippen molar-refractivity contribution in [2.75, 3.05) is 26.0 Å². The summed E-state index contributed by atoms with van der Waals surface area (Å²) in [6.45, 7) is 16.8. The van der Waals surface area contributed by atoms with Gasteiger partial charge in [0.05, 0.1) is 29.4 Å². The van der Waals surface area contributed by atoms with Crippen LogP contribution in [0.3, 0.4) is 0 Å². The molecule has 11 nitrogen and oxygen atoms in total. The fourth-order valence-electron chi connectivity index (χ4n) is 7.60. The molecule has 1 amide bonds. The fraction of sp³-hybridized carbons (Fsp3) is 0.452. The first kappa shape index (κ1) is 39.6. The first-order chi connectivity index (χ1) is 25.8. The van der Waals surface area contributed by atoms with Crippen molar-refractivity contribution in [3.63, 3.8) is 0 Å². The van der Waals surface area contributed by atoms with Gasteiger partial charge in [0.1, 0.15) is 29.9 Å². The lowest BCUT2D eigenvalue weighted by molar-refractivity contribution is -0.205. The average molecular weight is 756 g/mol. The Morgan fingerprint density at radius 3 is 2.35 bits per heavy atom. The van der Waals surface area contributed by atoms with E-state index in [2.05, 4.69) is 82.4 Å². The number of carbonyl (C=O) groups excluding carboxylic acids is 1. The van der Waals surface area contributed by atoms with E-state index in [4.69, 9.17) is 14.7 Å². The number of ether oxygens (including phenoxy) is 1. The Bertz CT molecular complexity index is 2180. The Kier molecular flexibility index (Phi) is 12.0. The Labute approximate surface area is 320 Å². The molecule has 6 rings (SSSR count). The molecule has 12 heteroatoms. The number of allylic oxidation sites excluding steroid dienone is 3. The van der Waals surface area contributed by atoms with E-state index < -0.39 is 36.5 Å². The lowest BCUT2D eigenvalue weighted by Crippen LogP contribution is -2.57. The number of H-pyrrole nitrogens is 2. The molecule has 6 heterocycles. The molecule has 3 aliphatic rings. The standard InChI is InChI=1S/C42H53N5O6S/c1-9-26-23(5)32-19-35-27(10-2)22(4)31(44-35)18-33-24(6)28(38(46-33)25(7)30-16-21(3)29(43-30)17-34(26)45-32)12-13-37(49)47(8)14-11-15-54-42-41(52)40(51)39(50)36(20-48)53-42/h10,16-19,36,39-42,44-45,48,50-52H,2,9,11-15,20H2,1,3-8H3/t36-,39-,40+,41-,42+/m1/s1. The number of thioether (sulfide) groups is 1. The van der Waals surface area contributed by atoms with E-state index in [0.717, 1.165) is 84.7 Å². The second-order valence-corrected chi connectivity index (χ2v) is 15.8. The minimum absolute atomic E-state index is 0.00306. The predicted octanol–water partition coefficient (Wildman–Crippen LogP) is 6.10. The van der Waals surface area contributed by atoms with Gasteiger partial charge in [-0.05, 0) is 117 Å². The van der Waals surface area contributed by atoms with E-state index in [1.807, 2.05) is 6.08 Å². The van der Waals surface area contributed by atoms with Gasteiger partial charge in [-0.3, -0.25) is 4.79 Å². The molecule has 0 unspecified atom stereocenters. The molecule has 0 saturated carbocycles. The third kappa shape index (κ3) is 7.60. The van der Waals surface area contributed by atoms with Gasteiger partial charge in [0.2, 0.25) is 5.91 Å². The Hall–Kier alpha value is -4.04. The maximum absolute atomic E-state index is 13.5. The van der Waals surface area contributed by atoms with Crippen molar-refractivity contribution in [3.05, 3.63) is 75.4 Å². The number of aromatic amines is 2. The summed E-state index contributed by atoms with van der Waals surface area (Å²) in [5.41, 5.74) is 15.3. The Morgan fingerprint density at radius 2 is 1.65 bits per heavy atom. The number of aromatic nitrogens is 4. The highest BCUT2D eigenvalue weighted by molar-refractivity contribution is 7.99. The highest BCUT2D eigenvalue weighted by Gasteiger charge is 2.43. The molecule has 8 bridgehead atoms. The molecule has 3 aliphatic heterocycles. The molecule has 1 saturated heterocycles. The zero-order valence-electron chi connectivity index (χ0n) is 32.3. The molecule has 3 aromatic rings. The van der Waals surface area contributed by atoms with E-state index in [1.54, 1.807) is 11.9 Å². The fourth-order valence-corrected chi connectivity index (χ4v) is 8.70. The maximum Gasteiger partial charge on any atom is 0.222 e. The zero-order chi connectivity index (χ0) is 39.0. The normalized spacial score (nSPS) is 21.4. The number of hydrogen-bond acceptors (Lipinski definition) is 9. The number of aliphatic hydroxyl groups is 4. The van der Waals surface area contributed by atoms with Crippen LogP contribution in [0.4, 0.5) is 0 Å². The molecule has 0 radical (unpaired) electrons. The summed E-state index contributed by atoms with van der Waals surface area (Å²) in [7, 11) is 1.79. The number of aliphatic hydroxyl groups excluding tert-OH is 4. The summed E-state index contributed by atoms with van der Waals surface area (Å²) < 4.78 is 5.60. The van der Waals surface area contributed by atoms with Crippen LogP contribution in [0.2, 0.25) is 0 Å². The van der Waals surface area contributed by atoms with Crippen LogP contribution in [0.25, 0.3) is 50.9 Å². The highest BCUT2D eigenvalue weighted by Crippen LogP contribution is 2.37. The van der Waals surface area contributed by atoms with Crippen molar-refractivity contribution in [2.24, 2.45) is 0 Å². The third-order valence-corrected chi connectivity index (χ3v) is 12.3. The maximum atomic E-state index is 13.5. The molecular weight excluding hydrogens is 703 g/mol. The van der Waals surface area contributed by atoms with E-state index >= 15 is 0 Å². The molecule has 6 N–H and O–H groups in total. The predicted molar refractivity (Wildman–Crippen MR) is 218 cm³/mol. The van der Waals surface area contributed by atoms with Crippen molar-refractivity contribution in [1.82, 2.24) is 24.8 Å². The van der Waals surface area contributed by atoms with E-state index in [-0.39, 0.29) is 5.91 Å². The zero-order valence-corrected chi connectivity index (χ0v) is 33.1. The molecule has 3 aromatic heterocycles. The van der Waals surface area contributed by atoms with Crippen molar-refractivity contribution < 1.29 is 30.0 Å². The van der Waals surface area contributed by atoms with Crippen molar-refractivity contribution >= 4 is 68.6 Å². The number of nitrogens with one attached hydrogen (secondary N) is 2. The van der Waals surface area contributed by atoms with Crippen LogP contribution in [0.15, 0.2) is 24.8 Å². The third-order valence-electron chi connectivity index (χ3n) is 11.1. The van der Waals surface area contributed by atoms with Gasteiger partial charge in [0.25, 0.3) is 0 Å². The number of aryl methyl sites for hydroxylation is 3. The van der Waals surface area contributed by atoms with Crippen LogP contribution < -0.4 is 0 Å². The molecule has 0 aliphatic carbocycles. The molecule has 0 spiro atoms. The van der Waals surface area contributed by atoms with Crippen molar-refractivity contribution in [2.45, 2.75) is 97.1 Å². The summed E-state index contributed by atoms with van der Waals surface area (Å²) >= 11 is 1.29. The van der Waals surface area contributed by atoms with E-state index in [0.29, 0.717) is 31.6 Å². The summed E-state index contributed by atoms with van der Waals surface area (Å²) in [6.07, 6.45) is 1.31. The number of rotatable bonds is 11. The quantitative estimate of drug-likeness (QED) is 0.127. The molecule has 1 fully saturated rings. The Balaban J connectivity index is 1.29. The number of hydrogen-bond donors (Lipinski definition) is 6. The van der Waals surface area contributed by atoms with Crippen LogP contribution >= 0.6 is 11.8 Å². The van der Waals surface area contributed by atoms with Gasteiger partial charge in [-0.2, -0.15) is 0 Å². The van der Waals surface area contributed by atoms with Crippen LogP contribution in [-0.2, 0) is 16.0 Å². The second kappa shape index (κ2) is 16.4. The second-order valence-electron chi connectivity index (χ2n) is 14.6. The van der Waals surface area contributed by atoms with Crippen LogP contribution in [0, 0.1) is 20.8 Å². The van der Waals surface area contributed by atoms with E-state index in [1.165, 1.54) is 22.9 Å². The Morgan fingerprint density at radius 1 is 0.944 bits per heavy atom. The minimum Gasteiger partial charge on any atom is -0.394 e. The van der Waals surface area contributed by atoms with Crippen LogP contribution in [0.1, 0.15) is 90.6 Å². The van der Waals surface area contributed by atoms with Gasteiger partial charge in [-0.15, -0.1) is 11.8 Å². The van der Waals surface area contributed by atoms with Crippen molar-refractivity contribution in [3.8, 4) is 0 Å². The number of amides is 1. The largest absolute Gasteiger partial charge is 0.394 e. The van der Waals surface area contributed by atoms with Crippen LogP contribution in [0.5, 0.6) is 0 Å². The number of nitrogens with zero attached hydrogens (tertiary/aromatic N) is 3. The topological polar surface area (TPSA) is 168 Å². The summed E-state index contributed by atoms with van der Waals surface area (Å²) in [4.78, 5) is 32.8. The lowest BCUT2D eigenvalue weighted by Gasteiger charge is -2.39. The van der Waals surface area contributed by atoms with Gasteiger partial charge in [-0.25, -0.2) is 9.97 Å². The lowest BCUT2D eigenvalue weighted by atomic mass is 9.98. The molecule has 54 heavy (non-hydrogen) atoms. The molecule has 0 aromatic carbocycles. The molecule has 288 valence electrons. The van der Waals surface area contributed by atoms with Crippen LogP contribution in [-0.4, -0.2) is 107 Å². The first-order valence-corrected chi connectivity index (χ1v) is 19.7. The summed E-state index contributed by atoms with van der Waals surface area (Å²) in [5, 5.41) is 40.0. The monoisotopic (exact) mass is 755 g/mol. The van der Waals surface area contributed by atoms with Crippen molar-refractivity contribution in [1.29, 1.82) is 0 Å². The summed E-state index contributed by atoms with van der Waals surface area (Å²) in [5.74, 6) is 0.549. The number of carbonyl (C=O) groups is 1. The SMILES string of the molecule is C=Cc1c(C)c2cc3nc(c(C)c4nc(cc5[nH]c(cc1[nH]2)c(C)c5CC)C(C)=C4)C(CCC(=O)N(C)CCCS[C@@H]1O[C@H](CO)[C@@H](O)[C@H](O)[C@H]1O)=C3C. The average Bonchev–Trinajstić information content (AvgIpc) is 3.86. The van der Waals surface area contributed by atoms with Gasteiger partial charge in [-0.1, -0.05) is 19.6 Å². The van der Waals surface area contributed by atoms with E-state index in [9.17, 15) is 25.2 Å². The van der Waals surface area contributed by atoms with Gasteiger partial charge < -0.3 is 40.0 Å². The van der Waals surface area contributed by atoms with Gasteiger partial charge in [0.15, 0.2) is 0 Å². The first-order valence-electron chi connectivity index (χ1n) is 18.7. The molecular formula is C42H53N5O6S. The summed E-state index contributed by atoms with van der Waals surface area (Å²) in [6, 6.07) is 6.39. The number of fused-ring (bicyclic) bond motifs is 8. The highest BCUT2D eigenvalue weighted by atomic mass is 32.2. The smallest absolute Gasteiger partial charge is 0.222 e. The van der Waals surface area contributed by atoms with Gasteiger partial charge in [0, 0.05) is 53.2 Å². The van der Waals surface area contributed by atoms with Gasteiger partial charge >= 0.3 is 0 Å².